The highest BCUT2D eigenvalue weighted by atomic mass is 16.5. The number of aryl methyl sites for hydroxylation is 1. The van der Waals surface area contributed by atoms with Crippen molar-refractivity contribution in [2.24, 2.45) is 0 Å². The summed E-state index contributed by atoms with van der Waals surface area (Å²) in [5, 5.41) is 0.600. The second kappa shape index (κ2) is 12.3. The lowest BCUT2D eigenvalue weighted by Gasteiger charge is -2.07. The Morgan fingerprint density at radius 2 is 1.54 bits per heavy atom. The number of hydrogen-bond acceptors (Lipinski definition) is 7. The van der Waals surface area contributed by atoms with E-state index in [1.807, 2.05) is 30.3 Å². The highest BCUT2D eigenvalue weighted by Crippen LogP contribution is 2.31. The molecule has 1 heterocycles. The number of allylic oxidation sites excluding steroid dienone is 1. The molecule has 0 amide bonds. The Balaban J connectivity index is 1.28. The molecule has 7 nitrogen and oxygen atoms in total. The molecular weight excluding hydrogens is 520 g/mol. The van der Waals surface area contributed by atoms with Crippen LogP contribution in [0.25, 0.3) is 17.0 Å². The van der Waals surface area contributed by atoms with Crippen LogP contribution in [0.5, 0.6) is 23.0 Å². The molecule has 5 rings (SSSR count). The third kappa shape index (κ3) is 6.31. The molecule has 0 unspecified atom stereocenters. The Labute approximate surface area is 237 Å². The lowest BCUT2D eigenvalue weighted by Crippen LogP contribution is -2.09. The molecule has 5 aromatic rings. The molecule has 0 fully saturated rings. The summed E-state index contributed by atoms with van der Waals surface area (Å²) in [6, 6.07) is 26.9. The van der Waals surface area contributed by atoms with Crippen molar-refractivity contribution in [3.63, 3.8) is 0 Å². The monoisotopic (exact) mass is 548 g/mol. The number of carbonyl (C=O) groups is 2. The number of methoxy groups -OCH3 is 2. The van der Waals surface area contributed by atoms with Crippen molar-refractivity contribution in [3.05, 3.63) is 125 Å². The average Bonchev–Trinajstić information content (AvgIpc) is 3.34. The topological polar surface area (TPSA) is 84.2 Å². The number of benzene rings is 4. The van der Waals surface area contributed by atoms with Gasteiger partial charge < -0.3 is 23.4 Å². The second-order valence-electron chi connectivity index (χ2n) is 9.18. The first-order chi connectivity index (χ1) is 19.9. The number of carbonyl (C=O) groups excluding carboxylic acids is 2. The summed E-state index contributed by atoms with van der Waals surface area (Å²) in [6.07, 6.45) is 3.12. The molecule has 206 valence electrons. The Morgan fingerprint density at radius 1 is 0.805 bits per heavy atom. The van der Waals surface area contributed by atoms with E-state index in [1.165, 1.54) is 6.08 Å². The predicted molar refractivity (Wildman–Crippen MR) is 156 cm³/mol. The molecule has 4 aromatic carbocycles. The summed E-state index contributed by atoms with van der Waals surface area (Å²) in [7, 11) is 3.14. The lowest BCUT2D eigenvalue weighted by molar-refractivity contribution is 0.0734. The largest absolute Gasteiger partial charge is 0.497 e. The van der Waals surface area contributed by atoms with Crippen LogP contribution in [0.4, 0.5) is 0 Å². The zero-order valence-corrected chi connectivity index (χ0v) is 22.9. The fourth-order valence-electron chi connectivity index (χ4n) is 4.36. The molecule has 41 heavy (non-hydrogen) atoms. The van der Waals surface area contributed by atoms with Gasteiger partial charge in [-0.15, -0.1) is 0 Å². The molecule has 0 saturated carbocycles. The molecule has 0 aliphatic rings. The van der Waals surface area contributed by atoms with Crippen LogP contribution in [0.3, 0.4) is 0 Å². The molecule has 0 radical (unpaired) electrons. The molecule has 7 heteroatoms. The first-order valence-corrected chi connectivity index (χ1v) is 12.9. The summed E-state index contributed by atoms with van der Waals surface area (Å²) in [4.78, 5) is 25.9. The molecule has 0 bridgehead atoms. The van der Waals surface area contributed by atoms with Gasteiger partial charge in [-0.05, 0) is 85.3 Å². The Hall–Kier alpha value is -5.30. The Morgan fingerprint density at radius 3 is 2.27 bits per heavy atom. The second-order valence-corrected chi connectivity index (χ2v) is 9.18. The lowest BCUT2D eigenvalue weighted by atomic mass is 10.1. The number of rotatable bonds is 10. The molecule has 0 aliphatic heterocycles. The summed E-state index contributed by atoms with van der Waals surface area (Å²) >= 11 is 0. The van der Waals surface area contributed by atoms with E-state index >= 15 is 0 Å². The zero-order valence-electron chi connectivity index (χ0n) is 22.9. The van der Waals surface area contributed by atoms with Crippen LogP contribution >= 0.6 is 0 Å². The van der Waals surface area contributed by atoms with Crippen LogP contribution in [0.15, 0.2) is 101 Å². The summed E-state index contributed by atoms with van der Waals surface area (Å²) < 4.78 is 28.0. The maximum atomic E-state index is 13.2. The van der Waals surface area contributed by atoms with Gasteiger partial charge in [0.15, 0.2) is 5.78 Å². The predicted octanol–water partition coefficient (Wildman–Crippen LogP) is 7.45. The number of furan rings is 1. The van der Waals surface area contributed by atoms with Gasteiger partial charge in [0.2, 0.25) is 0 Å². The van der Waals surface area contributed by atoms with Crippen molar-refractivity contribution >= 4 is 28.8 Å². The van der Waals surface area contributed by atoms with Crippen molar-refractivity contribution in [2.45, 2.75) is 13.5 Å². The maximum absolute atomic E-state index is 13.2. The number of fused-ring (bicyclic) bond motifs is 1. The van der Waals surface area contributed by atoms with Gasteiger partial charge in [0.05, 0.1) is 14.2 Å². The van der Waals surface area contributed by atoms with Gasteiger partial charge >= 0.3 is 5.97 Å². The average molecular weight is 549 g/mol. The zero-order chi connectivity index (χ0) is 28.8. The van der Waals surface area contributed by atoms with Crippen LogP contribution in [0.2, 0.25) is 0 Å². The van der Waals surface area contributed by atoms with Gasteiger partial charge in [-0.1, -0.05) is 30.3 Å². The standard InChI is InChI=1S/C34H28O7/c1-22-33(29-20-28(15-18-32(29)40-22)39-21-23-7-5-4-6-8-23)34(36)41-26-12-9-24(10-13-26)30(35)16-11-25-19-27(37-2)14-17-31(25)38-3/h4-20H,21H2,1-3H3. The molecule has 0 aliphatic carbocycles. The van der Waals surface area contributed by atoms with Crippen LogP contribution in [-0.4, -0.2) is 26.0 Å². The minimum atomic E-state index is -0.564. The first kappa shape index (κ1) is 27.3. The molecule has 1 aromatic heterocycles. The van der Waals surface area contributed by atoms with Gasteiger partial charge in [-0.2, -0.15) is 0 Å². The quantitative estimate of drug-likeness (QED) is 0.0775. The Bertz CT molecular complexity index is 1710. The van der Waals surface area contributed by atoms with E-state index in [0.29, 0.717) is 63.0 Å². The van der Waals surface area contributed by atoms with Crippen LogP contribution in [0.1, 0.15) is 37.6 Å². The fourth-order valence-corrected chi connectivity index (χ4v) is 4.36. The van der Waals surface area contributed by atoms with E-state index in [9.17, 15) is 9.59 Å². The van der Waals surface area contributed by atoms with E-state index in [4.69, 9.17) is 23.4 Å². The van der Waals surface area contributed by atoms with Gasteiger partial charge in [0.25, 0.3) is 0 Å². The summed E-state index contributed by atoms with van der Waals surface area (Å²) in [5.74, 6) is 1.84. The number of ketones is 1. The van der Waals surface area contributed by atoms with Gasteiger partial charge in [-0.25, -0.2) is 4.79 Å². The van der Waals surface area contributed by atoms with E-state index in [0.717, 1.165) is 5.56 Å². The molecule has 0 spiro atoms. The number of ether oxygens (including phenoxy) is 4. The van der Waals surface area contributed by atoms with E-state index in [2.05, 4.69) is 0 Å². The summed E-state index contributed by atoms with van der Waals surface area (Å²) in [6.45, 7) is 2.11. The first-order valence-electron chi connectivity index (χ1n) is 12.9. The highest BCUT2D eigenvalue weighted by molar-refractivity contribution is 6.07. The van der Waals surface area contributed by atoms with Crippen molar-refractivity contribution in [1.82, 2.24) is 0 Å². The fraction of sp³-hybridized carbons (Fsp3) is 0.118. The molecule has 0 N–H and O–H groups in total. The van der Waals surface area contributed by atoms with Gasteiger partial charge in [0.1, 0.15) is 46.5 Å². The van der Waals surface area contributed by atoms with Crippen molar-refractivity contribution in [3.8, 4) is 23.0 Å². The Kier molecular flexibility index (Phi) is 8.15. The van der Waals surface area contributed by atoms with Crippen LogP contribution in [0, 0.1) is 6.92 Å². The number of hydrogen-bond donors (Lipinski definition) is 0. The smallest absolute Gasteiger partial charge is 0.347 e. The SMILES string of the molecule is COc1ccc(OC)c(C=CC(=O)c2ccc(OC(=O)c3c(C)oc4ccc(OCc5ccccc5)cc34)cc2)c1. The molecule has 0 atom stereocenters. The van der Waals surface area contributed by atoms with E-state index in [-0.39, 0.29) is 5.78 Å². The molecule has 0 saturated heterocycles. The highest BCUT2D eigenvalue weighted by Gasteiger charge is 2.21. The third-order valence-electron chi connectivity index (χ3n) is 6.49. The number of esters is 1. The van der Waals surface area contributed by atoms with Crippen molar-refractivity contribution in [2.75, 3.05) is 14.2 Å². The van der Waals surface area contributed by atoms with Crippen molar-refractivity contribution in [1.29, 1.82) is 0 Å². The van der Waals surface area contributed by atoms with Crippen molar-refractivity contribution < 1.29 is 33.0 Å². The van der Waals surface area contributed by atoms with E-state index in [1.54, 1.807) is 87.9 Å². The maximum Gasteiger partial charge on any atom is 0.347 e. The third-order valence-corrected chi connectivity index (χ3v) is 6.49. The minimum absolute atomic E-state index is 0.215. The summed E-state index contributed by atoms with van der Waals surface area (Å²) in [5.41, 5.74) is 3.06. The van der Waals surface area contributed by atoms with Gasteiger partial charge in [-0.3, -0.25) is 4.79 Å². The minimum Gasteiger partial charge on any atom is -0.497 e. The van der Waals surface area contributed by atoms with E-state index < -0.39 is 5.97 Å². The van der Waals surface area contributed by atoms with Crippen LogP contribution < -0.4 is 18.9 Å². The van der Waals surface area contributed by atoms with Gasteiger partial charge in [0, 0.05) is 16.5 Å². The molecular formula is C34H28O7. The normalized spacial score (nSPS) is 11.0. The van der Waals surface area contributed by atoms with Crippen LogP contribution in [-0.2, 0) is 6.61 Å².